The van der Waals surface area contributed by atoms with Crippen LogP contribution in [-0.2, 0) is 33.7 Å². The third-order valence-electron chi connectivity index (χ3n) is 12.0. The lowest BCUT2D eigenvalue weighted by Crippen LogP contribution is -2.39. The summed E-state index contributed by atoms with van der Waals surface area (Å²) in [6, 6.07) is 51.9. The maximum Gasteiger partial charge on any atom is 0.414 e. The first-order valence-corrected chi connectivity index (χ1v) is 24.6. The van der Waals surface area contributed by atoms with Crippen molar-refractivity contribution in [1.82, 2.24) is 29.8 Å². The number of nitro benzene ring substituents is 1. The van der Waals surface area contributed by atoms with Crippen molar-refractivity contribution in [2.24, 2.45) is 0 Å². The number of amides is 1. The van der Waals surface area contributed by atoms with Crippen LogP contribution in [0.2, 0.25) is 0 Å². The first kappa shape index (κ1) is 49.5. The number of anilines is 1. The van der Waals surface area contributed by atoms with E-state index in [1.165, 1.54) is 24.9 Å². The number of benzene rings is 6. The fourth-order valence-corrected chi connectivity index (χ4v) is 9.63. The van der Waals surface area contributed by atoms with Crippen molar-refractivity contribution >= 4 is 35.2 Å². The van der Waals surface area contributed by atoms with E-state index in [-0.39, 0.29) is 23.7 Å². The Kier molecular flexibility index (Phi) is 15.2. The van der Waals surface area contributed by atoms with Gasteiger partial charge in [0.15, 0.2) is 11.5 Å². The monoisotopic (exact) mass is 968 g/mol. The summed E-state index contributed by atoms with van der Waals surface area (Å²) in [5.41, 5.74) is 5.64. The van der Waals surface area contributed by atoms with Gasteiger partial charge in [0.05, 0.1) is 17.2 Å². The summed E-state index contributed by atoms with van der Waals surface area (Å²) in [6.45, 7) is 9.58. The molecule has 0 N–H and O–H groups in total. The van der Waals surface area contributed by atoms with Crippen molar-refractivity contribution in [3.8, 4) is 22.5 Å². The summed E-state index contributed by atoms with van der Waals surface area (Å²) in [4.78, 5) is 45.3. The number of imidazole rings is 1. The highest BCUT2D eigenvalue weighted by atomic mass is 32.2. The molecule has 0 aliphatic heterocycles. The Labute approximate surface area is 417 Å². The molecule has 0 saturated heterocycles. The summed E-state index contributed by atoms with van der Waals surface area (Å²) in [5, 5.41) is 25.9. The maximum atomic E-state index is 13.9. The van der Waals surface area contributed by atoms with Crippen molar-refractivity contribution in [3.05, 3.63) is 207 Å². The van der Waals surface area contributed by atoms with Crippen LogP contribution in [0.15, 0.2) is 163 Å². The van der Waals surface area contributed by atoms with Gasteiger partial charge in [-0.25, -0.2) is 19.3 Å². The van der Waals surface area contributed by atoms with Crippen LogP contribution >= 0.6 is 11.8 Å². The largest absolute Gasteiger partial charge is 0.461 e. The Balaban J connectivity index is 1.14. The molecular weight excluding hydrogens is 913 g/mol. The smallest absolute Gasteiger partial charge is 0.414 e. The van der Waals surface area contributed by atoms with E-state index in [4.69, 9.17) is 24.8 Å². The van der Waals surface area contributed by atoms with Gasteiger partial charge < -0.3 is 14.0 Å². The highest BCUT2D eigenvalue weighted by molar-refractivity contribution is 7.98. The number of ether oxygens (including phenoxy) is 2. The second-order valence-corrected chi connectivity index (χ2v) is 19.0. The van der Waals surface area contributed by atoms with Gasteiger partial charge in [0.25, 0.3) is 5.69 Å². The number of hydrogen-bond donors (Lipinski definition) is 0. The number of unbranched alkanes of at least 4 members (excludes halogenated alkanes) is 1. The number of rotatable bonds is 18. The molecular formula is C56H56N8O6S. The third-order valence-corrected chi connectivity index (χ3v) is 13.0. The number of nitro groups is 1. The van der Waals surface area contributed by atoms with Gasteiger partial charge in [0.2, 0.25) is 0 Å². The molecule has 0 spiro atoms. The van der Waals surface area contributed by atoms with E-state index in [9.17, 15) is 19.7 Å². The molecule has 71 heavy (non-hydrogen) atoms. The average Bonchev–Trinajstić information content (AvgIpc) is 4.01. The van der Waals surface area contributed by atoms with Crippen molar-refractivity contribution in [3.63, 3.8) is 0 Å². The van der Waals surface area contributed by atoms with Gasteiger partial charge in [-0.1, -0.05) is 153 Å². The van der Waals surface area contributed by atoms with Gasteiger partial charge in [0, 0.05) is 42.3 Å². The molecule has 1 amide bonds. The summed E-state index contributed by atoms with van der Waals surface area (Å²) in [7, 11) is 1.44. The zero-order chi connectivity index (χ0) is 50.1. The Morgan fingerprint density at radius 3 is 1.93 bits per heavy atom. The van der Waals surface area contributed by atoms with E-state index < -0.39 is 28.1 Å². The Morgan fingerprint density at radius 1 is 0.775 bits per heavy atom. The van der Waals surface area contributed by atoms with Crippen molar-refractivity contribution < 1.29 is 24.0 Å². The summed E-state index contributed by atoms with van der Waals surface area (Å²) in [6.07, 6.45) is 1.68. The molecule has 2 heterocycles. The molecule has 0 fully saturated rings. The number of aromatic nitrogens is 6. The first-order chi connectivity index (χ1) is 34.3. The molecule has 0 radical (unpaired) electrons. The van der Waals surface area contributed by atoms with Crippen LogP contribution in [-0.4, -0.2) is 66.0 Å². The lowest BCUT2D eigenvalue weighted by atomic mass is 9.77. The molecule has 15 heteroatoms. The SMILES string of the molecule is CCCCc1nc(CSc2ccc([N+](=O)[O-])c(N(C)C(=O)OC(C)(C)C)c2)c(C(=O)OCC)n1Cc1ccc(-c2ccccc2-c2nnnn2C(c2ccccc2)(c2ccccc2)c2ccccc2)cc1. The van der Waals surface area contributed by atoms with E-state index in [2.05, 4.69) is 78.9 Å². The van der Waals surface area contributed by atoms with Gasteiger partial charge in [-0.15, -0.1) is 16.9 Å². The summed E-state index contributed by atoms with van der Waals surface area (Å²) < 4.78 is 15.1. The second-order valence-electron chi connectivity index (χ2n) is 17.9. The van der Waals surface area contributed by atoms with Crippen LogP contribution in [0, 0.1) is 10.1 Å². The topological polar surface area (TPSA) is 160 Å². The number of tetrazole rings is 1. The van der Waals surface area contributed by atoms with Crippen molar-refractivity contribution in [2.45, 2.75) is 82.2 Å². The van der Waals surface area contributed by atoms with Gasteiger partial charge in [0.1, 0.15) is 22.7 Å². The molecule has 362 valence electrons. The number of esters is 1. The van der Waals surface area contributed by atoms with E-state index in [1.54, 1.807) is 39.8 Å². The molecule has 0 aliphatic carbocycles. The molecule has 2 aromatic heterocycles. The van der Waals surface area contributed by atoms with E-state index in [1.807, 2.05) is 82.0 Å². The number of nitrogens with zero attached hydrogens (tertiary/aromatic N) is 8. The minimum absolute atomic E-state index is 0.0818. The van der Waals surface area contributed by atoms with E-state index in [0.29, 0.717) is 35.1 Å². The molecule has 0 aliphatic rings. The van der Waals surface area contributed by atoms with Crippen molar-refractivity contribution in [2.75, 3.05) is 18.6 Å². The molecule has 0 saturated carbocycles. The lowest BCUT2D eigenvalue weighted by Gasteiger charge is -2.36. The number of hydrogen-bond acceptors (Lipinski definition) is 11. The molecule has 8 aromatic rings. The van der Waals surface area contributed by atoms with Crippen LogP contribution in [0.5, 0.6) is 0 Å². The third kappa shape index (κ3) is 10.7. The van der Waals surface area contributed by atoms with Crippen LogP contribution in [0.4, 0.5) is 16.2 Å². The number of thioether (sulfide) groups is 1. The molecule has 6 aromatic carbocycles. The highest BCUT2D eigenvalue weighted by Crippen LogP contribution is 2.44. The fourth-order valence-electron chi connectivity index (χ4n) is 8.76. The lowest BCUT2D eigenvalue weighted by molar-refractivity contribution is -0.384. The minimum Gasteiger partial charge on any atom is -0.461 e. The van der Waals surface area contributed by atoms with E-state index >= 15 is 0 Å². The number of carbonyl (C=O) groups excluding carboxylic acids is 2. The molecule has 8 rings (SSSR count). The van der Waals surface area contributed by atoms with Gasteiger partial charge in [-0.05, 0) is 90.1 Å². The molecule has 0 atom stereocenters. The predicted octanol–water partition coefficient (Wildman–Crippen LogP) is 12.2. The van der Waals surface area contributed by atoms with Crippen LogP contribution in [0.25, 0.3) is 22.5 Å². The molecule has 0 bridgehead atoms. The maximum absolute atomic E-state index is 13.9. The van der Waals surface area contributed by atoms with E-state index in [0.717, 1.165) is 62.5 Å². The summed E-state index contributed by atoms with van der Waals surface area (Å²) >= 11 is 1.35. The summed E-state index contributed by atoms with van der Waals surface area (Å²) in [5.74, 6) is 1.10. The highest BCUT2D eigenvalue weighted by Gasteiger charge is 2.42. The second kappa shape index (κ2) is 21.8. The minimum atomic E-state index is -0.933. The Bertz CT molecular complexity index is 3020. The van der Waals surface area contributed by atoms with Gasteiger partial charge in [-0.3, -0.25) is 15.0 Å². The Morgan fingerprint density at radius 2 is 1.37 bits per heavy atom. The normalized spacial score (nSPS) is 11.6. The standard InChI is InChI=1S/C56H56N8O6S/c1-7-9-29-50-57-47(38-71-44-34-35-48(64(67)68)49(36-44)61(6)54(66)70-55(3,4)5)51(53(65)69-8-2)62(50)37-39-30-32-40(33-31-39)45-27-19-20-28-46(45)52-58-59-60-63(52)56(41-21-13-10-14-22-41,42-23-15-11-16-24-42)43-25-17-12-18-26-43/h10-28,30-36H,7-9,29,37-38H2,1-6H3. The Hall–Kier alpha value is -7.91. The molecule has 14 nitrogen and oxygen atoms in total. The van der Waals surface area contributed by atoms with Gasteiger partial charge >= 0.3 is 12.1 Å². The average molecular weight is 969 g/mol. The van der Waals surface area contributed by atoms with Crippen LogP contribution in [0.3, 0.4) is 0 Å². The molecule has 0 unspecified atom stereocenters. The first-order valence-electron chi connectivity index (χ1n) is 23.6. The zero-order valence-electron chi connectivity index (χ0n) is 40.7. The van der Waals surface area contributed by atoms with Crippen LogP contribution in [0.1, 0.15) is 91.7 Å². The van der Waals surface area contributed by atoms with Gasteiger partial charge in [-0.2, -0.15) is 0 Å². The van der Waals surface area contributed by atoms with Crippen molar-refractivity contribution in [1.29, 1.82) is 0 Å². The van der Waals surface area contributed by atoms with Crippen LogP contribution < -0.4 is 4.90 Å². The predicted molar refractivity (Wildman–Crippen MR) is 276 cm³/mol. The quantitative estimate of drug-likeness (QED) is 0.0265. The number of aryl methyl sites for hydroxylation is 1. The fraction of sp³-hybridized carbons (Fsp3) is 0.250. The number of carbonyl (C=O) groups is 2. The zero-order valence-corrected chi connectivity index (χ0v) is 41.5.